The Morgan fingerprint density at radius 2 is 1.67 bits per heavy atom. The maximum atomic E-state index is 12.6. The lowest BCUT2D eigenvalue weighted by molar-refractivity contribution is -0.176. The molecule has 4 unspecified atom stereocenters. The van der Waals surface area contributed by atoms with Crippen LogP contribution in [0.5, 0.6) is 0 Å². The number of rotatable bonds is 3. The molecule has 1 amide bonds. The minimum atomic E-state index is -0.455. The highest BCUT2D eigenvalue weighted by Crippen LogP contribution is 2.51. The van der Waals surface area contributed by atoms with E-state index in [-0.39, 0.29) is 53.2 Å². The molecule has 4 atom stereocenters. The summed E-state index contributed by atoms with van der Waals surface area (Å²) in [6, 6.07) is 1.12. The average molecular weight is 536 g/mol. The van der Waals surface area contributed by atoms with E-state index in [1.807, 2.05) is 32.7 Å². The molecular formula is C22H41IN4O3. The third-order valence-electron chi connectivity index (χ3n) is 7.49. The number of guanidine groups is 1. The molecule has 2 bridgehead atoms. The van der Waals surface area contributed by atoms with Crippen molar-refractivity contribution in [3.05, 3.63) is 0 Å². The Labute approximate surface area is 199 Å². The van der Waals surface area contributed by atoms with Crippen LogP contribution in [0, 0.1) is 5.41 Å². The molecule has 2 saturated heterocycles. The summed E-state index contributed by atoms with van der Waals surface area (Å²) >= 11 is 0. The fourth-order valence-electron chi connectivity index (χ4n) is 5.16. The zero-order valence-corrected chi connectivity index (χ0v) is 22.2. The van der Waals surface area contributed by atoms with Crippen molar-refractivity contribution in [3.63, 3.8) is 0 Å². The Hall–Kier alpha value is -0.770. The maximum absolute atomic E-state index is 12.6. The number of nitrogens with one attached hydrogen (secondary N) is 2. The number of nitrogens with zero attached hydrogens (tertiary/aromatic N) is 2. The number of carbonyl (C=O) groups excluding carboxylic acids is 1. The molecular weight excluding hydrogens is 495 g/mol. The third-order valence-corrected chi connectivity index (χ3v) is 7.49. The van der Waals surface area contributed by atoms with Crippen molar-refractivity contribution in [2.45, 2.75) is 109 Å². The Kier molecular flexibility index (Phi) is 7.65. The van der Waals surface area contributed by atoms with Crippen LogP contribution in [0.1, 0.15) is 73.6 Å². The molecule has 3 fully saturated rings. The smallest absolute Gasteiger partial charge is 0.410 e. The van der Waals surface area contributed by atoms with Crippen LogP contribution >= 0.6 is 24.0 Å². The van der Waals surface area contributed by atoms with E-state index in [0.717, 1.165) is 38.1 Å². The SMILES string of the molecule is CN=C(NC1CC2CCC(C1)N2C(=O)OC(C)(C)C)NC1CC(C)(OC)C1(C)C.I. The first-order valence-electron chi connectivity index (χ1n) is 11.0. The molecule has 2 aliphatic heterocycles. The number of hydrogen-bond donors (Lipinski definition) is 2. The second-order valence-electron chi connectivity index (χ2n) is 10.7. The van der Waals surface area contributed by atoms with Crippen molar-refractivity contribution in [2.75, 3.05) is 14.2 Å². The van der Waals surface area contributed by atoms with Crippen LogP contribution in [0.2, 0.25) is 0 Å². The van der Waals surface area contributed by atoms with Gasteiger partial charge in [-0.25, -0.2) is 4.79 Å². The van der Waals surface area contributed by atoms with Crippen LogP contribution in [-0.4, -0.2) is 66.5 Å². The van der Waals surface area contributed by atoms with Gasteiger partial charge in [-0.1, -0.05) is 13.8 Å². The van der Waals surface area contributed by atoms with Gasteiger partial charge in [0.25, 0.3) is 0 Å². The highest BCUT2D eigenvalue weighted by atomic mass is 127. The van der Waals surface area contributed by atoms with Gasteiger partial charge in [-0.05, 0) is 59.8 Å². The summed E-state index contributed by atoms with van der Waals surface area (Å²) in [5.41, 5.74) is -0.538. The first-order chi connectivity index (χ1) is 13.4. The second kappa shape index (κ2) is 9.00. The maximum Gasteiger partial charge on any atom is 0.410 e. The summed E-state index contributed by atoms with van der Waals surface area (Å²) in [6.07, 6.45) is 4.76. The van der Waals surface area contributed by atoms with Crippen molar-refractivity contribution >= 4 is 36.0 Å². The first-order valence-corrected chi connectivity index (χ1v) is 11.0. The van der Waals surface area contributed by atoms with Crippen LogP contribution in [0.4, 0.5) is 4.79 Å². The van der Waals surface area contributed by atoms with Crippen molar-refractivity contribution < 1.29 is 14.3 Å². The predicted molar refractivity (Wildman–Crippen MR) is 131 cm³/mol. The lowest BCUT2D eigenvalue weighted by atomic mass is 9.56. The third kappa shape index (κ3) is 4.84. The molecule has 3 aliphatic rings. The van der Waals surface area contributed by atoms with Gasteiger partial charge in [-0.15, -0.1) is 24.0 Å². The van der Waals surface area contributed by atoms with Gasteiger partial charge in [0.1, 0.15) is 5.60 Å². The number of methoxy groups -OCH3 is 1. The number of aliphatic imine (C=N–C) groups is 1. The second-order valence-corrected chi connectivity index (χ2v) is 10.7. The van der Waals surface area contributed by atoms with Crippen LogP contribution in [0.3, 0.4) is 0 Å². The average Bonchev–Trinajstić information content (AvgIpc) is 2.90. The zero-order valence-electron chi connectivity index (χ0n) is 19.9. The summed E-state index contributed by atoms with van der Waals surface area (Å²) in [5.74, 6) is 0.844. The molecule has 0 radical (unpaired) electrons. The van der Waals surface area contributed by atoms with Gasteiger partial charge < -0.3 is 25.0 Å². The largest absolute Gasteiger partial charge is 0.444 e. The van der Waals surface area contributed by atoms with Gasteiger partial charge >= 0.3 is 6.09 Å². The Balaban J connectivity index is 0.00000320. The highest BCUT2D eigenvalue weighted by molar-refractivity contribution is 14.0. The van der Waals surface area contributed by atoms with Crippen molar-refractivity contribution in [1.29, 1.82) is 0 Å². The van der Waals surface area contributed by atoms with Crippen molar-refractivity contribution in [3.8, 4) is 0 Å². The summed E-state index contributed by atoms with van der Waals surface area (Å²) in [7, 11) is 3.61. The monoisotopic (exact) mass is 536 g/mol. The van der Waals surface area contributed by atoms with Gasteiger partial charge in [0, 0.05) is 43.7 Å². The summed E-state index contributed by atoms with van der Waals surface area (Å²) < 4.78 is 11.4. The quantitative estimate of drug-likeness (QED) is 0.325. The number of amides is 1. The van der Waals surface area contributed by atoms with Gasteiger partial charge in [0.15, 0.2) is 5.96 Å². The van der Waals surface area contributed by atoms with Gasteiger partial charge in [-0.2, -0.15) is 0 Å². The molecule has 2 heterocycles. The van der Waals surface area contributed by atoms with Gasteiger partial charge in [-0.3, -0.25) is 4.99 Å². The lowest BCUT2D eigenvalue weighted by Crippen LogP contribution is -2.70. The minimum absolute atomic E-state index is 0. The topological polar surface area (TPSA) is 75.2 Å². The van der Waals surface area contributed by atoms with E-state index in [2.05, 4.69) is 36.4 Å². The number of fused-ring (bicyclic) bond motifs is 2. The zero-order chi connectivity index (χ0) is 21.6. The molecule has 174 valence electrons. The number of ether oxygens (including phenoxy) is 2. The molecule has 3 rings (SSSR count). The summed E-state index contributed by atoms with van der Waals surface area (Å²) in [5, 5.41) is 7.21. The minimum Gasteiger partial charge on any atom is -0.444 e. The van der Waals surface area contributed by atoms with Crippen LogP contribution in [0.25, 0.3) is 0 Å². The van der Waals surface area contributed by atoms with Crippen molar-refractivity contribution in [1.82, 2.24) is 15.5 Å². The fraction of sp³-hybridized carbons (Fsp3) is 0.909. The normalized spacial score (nSPS) is 35.2. The van der Waals surface area contributed by atoms with Crippen LogP contribution < -0.4 is 10.6 Å². The number of carbonyl (C=O) groups is 1. The molecule has 0 aromatic rings. The van der Waals surface area contributed by atoms with E-state index >= 15 is 0 Å². The Bertz CT molecular complexity index is 649. The number of piperidine rings is 1. The lowest BCUT2D eigenvalue weighted by Gasteiger charge is -2.59. The first kappa shape index (κ1) is 25.5. The van der Waals surface area contributed by atoms with Crippen molar-refractivity contribution in [2.24, 2.45) is 10.4 Å². The van der Waals surface area contributed by atoms with Crippen LogP contribution in [0.15, 0.2) is 4.99 Å². The molecule has 8 heteroatoms. The molecule has 0 aromatic heterocycles. The molecule has 1 aliphatic carbocycles. The highest BCUT2D eigenvalue weighted by Gasteiger charge is 2.58. The summed E-state index contributed by atoms with van der Waals surface area (Å²) in [6.45, 7) is 12.4. The summed E-state index contributed by atoms with van der Waals surface area (Å²) in [4.78, 5) is 19.1. The molecule has 0 spiro atoms. The fourth-order valence-corrected chi connectivity index (χ4v) is 5.16. The standard InChI is InChI=1S/C22H40N4O3.HI/c1-20(2,3)29-19(27)26-15-9-10-16(26)12-14(11-15)24-18(23-7)25-17-13-22(6,28-8)21(17,4)5;/h14-17H,9-13H2,1-8H3,(H2,23,24,25);1H. The van der Waals surface area contributed by atoms with Gasteiger partial charge in [0.2, 0.25) is 0 Å². The Morgan fingerprint density at radius 3 is 2.10 bits per heavy atom. The van der Waals surface area contributed by atoms with E-state index in [4.69, 9.17) is 9.47 Å². The van der Waals surface area contributed by atoms with E-state index in [1.165, 1.54) is 0 Å². The number of hydrogen-bond acceptors (Lipinski definition) is 4. The molecule has 2 N–H and O–H groups in total. The molecule has 30 heavy (non-hydrogen) atoms. The molecule has 7 nitrogen and oxygen atoms in total. The van der Waals surface area contributed by atoms with E-state index in [0.29, 0.717) is 12.1 Å². The van der Waals surface area contributed by atoms with E-state index in [9.17, 15) is 4.79 Å². The van der Waals surface area contributed by atoms with Crippen LogP contribution in [-0.2, 0) is 9.47 Å². The van der Waals surface area contributed by atoms with E-state index < -0.39 is 5.60 Å². The molecule has 0 aromatic carbocycles. The predicted octanol–water partition coefficient (Wildman–Crippen LogP) is 3.90. The van der Waals surface area contributed by atoms with Gasteiger partial charge in [0.05, 0.1) is 5.60 Å². The Morgan fingerprint density at radius 1 is 1.10 bits per heavy atom. The molecule has 1 saturated carbocycles. The van der Waals surface area contributed by atoms with E-state index in [1.54, 1.807) is 7.11 Å². The number of halogens is 1.